The fourth-order valence-corrected chi connectivity index (χ4v) is 3.04. The third-order valence-electron chi connectivity index (χ3n) is 2.76. The van der Waals surface area contributed by atoms with Crippen LogP contribution in [0.2, 0.25) is 0 Å². The van der Waals surface area contributed by atoms with Gasteiger partial charge in [-0.15, -0.1) is 16.9 Å². The topological polar surface area (TPSA) is 72.7 Å². The molecule has 0 radical (unpaired) electrons. The van der Waals surface area contributed by atoms with Crippen molar-refractivity contribution in [2.45, 2.75) is 36.4 Å². The molecule has 0 aliphatic heterocycles. The van der Waals surface area contributed by atoms with Crippen molar-refractivity contribution < 1.29 is 4.79 Å². The number of aromatic nitrogens is 4. The maximum Gasteiger partial charge on any atom is 0.234 e. The molecule has 0 atom stereocenters. The Bertz CT molecular complexity index is 651. The summed E-state index contributed by atoms with van der Waals surface area (Å²) >= 11 is 2.97. The molecule has 2 rings (SSSR count). The second kappa shape index (κ2) is 7.15. The Morgan fingerprint density at radius 3 is 2.82 bits per heavy atom. The quantitative estimate of drug-likeness (QED) is 0.846. The summed E-state index contributed by atoms with van der Waals surface area (Å²) in [5.41, 5.74) is 0.586. The number of tetrazole rings is 1. The Hall–Kier alpha value is -1.54. The van der Waals surface area contributed by atoms with Gasteiger partial charge in [-0.2, -0.15) is 0 Å². The van der Waals surface area contributed by atoms with Crippen LogP contribution >= 0.6 is 23.5 Å². The molecule has 0 unspecified atom stereocenters. The number of nitrogens with one attached hydrogen (secondary N) is 1. The fourth-order valence-electron chi connectivity index (χ4n) is 1.72. The first kappa shape index (κ1) is 16.8. The molecule has 0 spiro atoms. The van der Waals surface area contributed by atoms with Gasteiger partial charge >= 0.3 is 0 Å². The largest absolute Gasteiger partial charge is 0.325 e. The molecule has 1 aromatic heterocycles. The number of hydrogen-bond acceptors (Lipinski definition) is 6. The van der Waals surface area contributed by atoms with Gasteiger partial charge in [-0.1, -0.05) is 17.8 Å². The van der Waals surface area contributed by atoms with Crippen molar-refractivity contribution in [3.8, 4) is 0 Å². The van der Waals surface area contributed by atoms with Crippen LogP contribution in [0.3, 0.4) is 0 Å². The minimum absolute atomic E-state index is 0.0771. The van der Waals surface area contributed by atoms with Gasteiger partial charge in [-0.05, 0) is 55.7 Å². The van der Waals surface area contributed by atoms with E-state index in [1.54, 1.807) is 16.4 Å². The highest BCUT2D eigenvalue weighted by Gasteiger charge is 2.20. The van der Waals surface area contributed by atoms with Crippen molar-refractivity contribution in [2.75, 3.05) is 17.3 Å². The summed E-state index contributed by atoms with van der Waals surface area (Å²) in [6.45, 7) is 6.05. The molecule has 118 valence electrons. The van der Waals surface area contributed by atoms with Crippen molar-refractivity contribution in [2.24, 2.45) is 0 Å². The van der Waals surface area contributed by atoms with Gasteiger partial charge < -0.3 is 5.32 Å². The standard InChI is InChI=1S/C14H19N5OS2/c1-14(2,3)19-13(16-17-18-19)22-9-12(20)15-10-6-5-7-11(8-10)21-4/h5-8H,9H2,1-4H3,(H,15,20). The predicted molar refractivity (Wildman–Crippen MR) is 90.4 cm³/mol. The molecule has 0 bridgehead atoms. The molecular weight excluding hydrogens is 318 g/mol. The van der Waals surface area contributed by atoms with E-state index in [-0.39, 0.29) is 17.2 Å². The summed E-state index contributed by atoms with van der Waals surface area (Å²) in [5.74, 6) is 0.187. The van der Waals surface area contributed by atoms with Crippen LogP contribution in [0, 0.1) is 0 Å². The number of rotatable bonds is 5. The van der Waals surface area contributed by atoms with Crippen molar-refractivity contribution in [3.63, 3.8) is 0 Å². The monoisotopic (exact) mass is 337 g/mol. The molecule has 0 fully saturated rings. The number of amides is 1. The second-order valence-corrected chi connectivity index (χ2v) is 7.44. The summed E-state index contributed by atoms with van der Waals surface area (Å²) in [6, 6.07) is 7.76. The van der Waals surface area contributed by atoms with Gasteiger partial charge in [0.15, 0.2) is 0 Å². The van der Waals surface area contributed by atoms with Crippen LogP contribution in [-0.4, -0.2) is 38.1 Å². The smallest absolute Gasteiger partial charge is 0.234 e. The first-order chi connectivity index (χ1) is 10.4. The number of nitrogens with zero attached hydrogens (tertiary/aromatic N) is 4. The molecular formula is C14H19N5OS2. The molecule has 6 nitrogen and oxygen atoms in total. The Morgan fingerprint density at radius 1 is 1.36 bits per heavy atom. The van der Waals surface area contributed by atoms with E-state index in [9.17, 15) is 4.79 Å². The maximum absolute atomic E-state index is 12.1. The van der Waals surface area contributed by atoms with Crippen molar-refractivity contribution in [1.82, 2.24) is 20.2 Å². The first-order valence-corrected chi connectivity index (χ1v) is 8.97. The number of benzene rings is 1. The van der Waals surface area contributed by atoms with Gasteiger partial charge in [0.2, 0.25) is 11.1 Å². The third kappa shape index (κ3) is 4.48. The van der Waals surface area contributed by atoms with Crippen molar-refractivity contribution in [1.29, 1.82) is 0 Å². The second-order valence-electron chi connectivity index (χ2n) is 5.61. The maximum atomic E-state index is 12.1. The summed E-state index contributed by atoms with van der Waals surface area (Å²) < 4.78 is 1.72. The molecule has 0 saturated heterocycles. The Morgan fingerprint density at radius 2 is 2.14 bits per heavy atom. The van der Waals surface area contributed by atoms with Crippen molar-refractivity contribution >= 4 is 35.1 Å². The normalized spacial score (nSPS) is 11.5. The summed E-state index contributed by atoms with van der Waals surface area (Å²) in [4.78, 5) is 13.2. The predicted octanol–water partition coefficient (Wildman–Crippen LogP) is 2.88. The number of thioether (sulfide) groups is 2. The lowest BCUT2D eigenvalue weighted by Gasteiger charge is -2.19. The van der Waals surface area contributed by atoms with E-state index >= 15 is 0 Å². The van der Waals surface area contributed by atoms with E-state index in [0.717, 1.165) is 10.6 Å². The van der Waals surface area contributed by atoms with E-state index < -0.39 is 0 Å². The molecule has 0 aliphatic rings. The van der Waals surface area contributed by atoms with Crippen LogP contribution in [0.25, 0.3) is 0 Å². The zero-order valence-electron chi connectivity index (χ0n) is 13.0. The molecule has 22 heavy (non-hydrogen) atoms. The van der Waals surface area contributed by atoms with Gasteiger partial charge in [0.25, 0.3) is 0 Å². The van der Waals surface area contributed by atoms with Gasteiger partial charge in [0.05, 0.1) is 11.3 Å². The van der Waals surface area contributed by atoms with E-state index in [1.165, 1.54) is 11.8 Å². The zero-order valence-corrected chi connectivity index (χ0v) is 14.7. The van der Waals surface area contributed by atoms with Gasteiger partial charge in [0, 0.05) is 10.6 Å². The minimum Gasteiger partial charge on any atom is -0.325 e. The van der Waals surface area contributed by atoms with Gasteiger partial charge in [-0.25, -0.2) is 4.68 Å². The average Bonchev–Trinajstić information content (AvgIpc) is 2.94. The van der Waals surface area contributed by atoms with Crippen LogP contribution in [0.1, 0.15) is 20.8 Å². The minimum atomic E-state index is -0.213. The first-order valence-electron chi connectivity index (χ1n) is 6.76. The molecule has 1 amide bonds. The van der Waals surface area contributed by atoms with E-state index in [1.807, 2.05) is 51.3 Å². The van der Waals surface area contributed by atoms with E-state index in [0.29, 0.717) is 5.16 Å². The lowest BCUT2D eigenvalue weighted by atomic mass is 10.1. The number of anilines is 1. The van der Waals surface area contributed by atoms with Gasteiger partial charge in [-0.3, -0.25) is 4.79 Å². The van der Waals surface area contributed by atoms with Crippen LogP contribution in [-0.2, 0) is 10.3 Å². The molecule has 0 saturated carbocycles. The average molecular weight is 337 g/mol. The molecule has 1 heterocycles. The zero-order chi connectivity index (χ0) is 16.2. The summed E-state index contributed by atoms with van der Waals surface area (Å²) in [5, 5.41) is 15.1. The summed E-state index contributed by atoms with van der Waals surface area (Å²) in [7, 11) is 0. The third-order valence-corrected chi connectivity index (χ3v) is 4.41. The highest BCUT2D eigenvalue weighted by Crippen LogP contribution is 2.22. The van der Waals surface area contributed by atoms with Crippen molar-refractivity contribution in [3.05, 3.63) is 24.3 Å². The van der Waals surface area contributed by atoms with E-state index in [4.69, 9.17) is 0 Å². The fraction of sp³-hybridized carbons (Fsp3) is 0.429. The van der Waals surface area contributed by atoms with Crippen LogP contribution in [0.5, 0.6) is 0 Å². The number of hydrogen-bond donors (Lipinski definition) is 1. The molecule has 0 aliphatic carbocycles. The number of carbonyl (C=O) groups excluding carboxylic acids is 1. The SMILES string of the molecule is CSc1cccc(NC(=O)CSc2nnnn2C(C)(C)C)c1. The van der Waals surface area contributed by atoms with Gasteiger partial charge in [0.1, 0.15) is 0 Å². The molecule has 1 aromatic carbocycles. The summed E-state index contributed by atoms with van der Waals surface area (Å²) in [6.07, 6.45) is 2.00. The lowest BCUT2D eigenvalue weighted by Crippen LogP contribution is -2.24. The highest BCUT2D eigenvalue weighted by molar-refractivity contribution is 7.99. The number of carbonyl (C=O) groups is 1. The molecule has 1 N–H and O–H groups in total. The highest BCUT2D eigenvalue weighted by atomic mass is 32.2. The Balaban J connectivity index is 1.95. The Kier molecular flexibility index (Phi) is 5.47. The van der Waals surface area contributed by atoms with Crippen LogP contribution in [0.15, 0.2) is 34.3 Å². The Labute approximate surface area is 138 Å². The van der Waals surface area contributed by atoms with E-state index in [2.05, 4.69) is 20.8 Å². The van der Waals surface area contributed by atoms with Crippen LogP contribution < -0.4 is 5.32 Å². The lowest BCUT2D eigenvalue weighted by molar-refractivity contribution is -0.113. The molecule has 8 heteroatoms. The van der Waals surface area contributed by atoms with Crippen LogP contribution in [0.4, 0.5) is 5.69 Å². The molecule has 2 aromatic rings.